The molecule has 0 aromatic carbocycles. The van der Waals surface area contributed by atoms with Gasteiger partial charge in [-0.2, -0.15) is 0 Å². The van der Waals surface area contributed by atoms with Gasteiger partial charge in [0.25, 0.3) is 0 Å². The highest BCUT2D eigenvalue weighted by molar-refractivity contribution is 5.71. The van der Waals surface area contributed by atoms with Crippen LogP contribution in [0.2, 0.25) is 0 Å². The SMILES string of the molecule is CCCCCCCCCCCCCCCCCCCCC(=O)OC[C@H](COC(=O)CCCCCCCCCCCCCCCCC(C)CC)OC(=O)CCCCCCCCCCCCCCCCCC(C)C. The lowest BCUT2D eigenvalue weighted by molar-refractivity contribution is -0.167. The summed E-state index contributed by atoms with van der Waals surface area (Å²) in [5, 5.41) is 0. The number of hydrogen-bond acceptors (Lipinski definition) is 6. The molecule has 0 aromatic rings. The normalized spacial score (nSPS) is 12.4. The molecule has 0 aliphatic carbocycles. The third kappa shape index (κ3) is 57.7. The second kappa shape index (κ2) is 58.7. The van der Waals surface area contributed by atoms with E-state index in [0.29, 0.717) is 19.3 Å². The summed E-state index contributed by atoms with van der Waals surface area (Å²) < 4.78 is 17.0. The van der Waals surface area contributed by atoms with Crippen LogP contribution in [0, 0.1) is 11.8 Å². The van der Waals surface area contributed by atoms with Crippen molar-refractivity contribution < 1.29 is 28.6 Å². The fraction of sp³-hybridized carbons (Fsp3) is 0.955. The monoisotopic (exact) mass is 1020 g/mol. The van der Waals surface area contributed by atoms with Crippen molar-refractivity contribution in [2.45, 2.75) is 381 Å². The fourth-order valence-electron chi connectivity index (χ4n) is 10.3. The van der Waals surface area contributed by atoms with Gasteiger partial charge in [-0.3, -0.25) is 14.4 Å². The van der Waals surface area contributed by atoms with Gasteiger partial charge in [-0.25, -0.2) is 0 Å². The van der Waals surface area contributed by atoms with Crippen LogP contribution in [0.25, 0.3) is 0 Å². The van der Waals surface area contributed by atoms with E-state index in [4.69, 9.17) is 14.2 Å². The first kappa shape index (κ1) is 70.4. The highest BCUT2D eigenvalue weighted by atomic mass is 16.6. The summed E-state index contributed by atoms with van der Waals surface area (Å²) >= 11 is 0. The summed E-state index contributed by atoms with van der Waals surface area (Å²) in [6.45, 7) is 11.5. The fourth-order valence-corrected chi connectivity index (χ4v) is 10.3. The zero-order valence-corrected chi connectivity index (χ0v) is 49.6. The molecule has 0 bridgehead atoms. The van der Waals surface area contributed by atoms with E-state index >= 15 is 0 Å². The molecule has 1 unspecified atom stereocenters. The zero-order valence-electron chi connectivity index (χ0n) is 49.6. The molecule has 0 heterocycles. The van der Waals surface area contributed by atoms with Crippen molar-refractivity contribution in [1.82, 2.24) is 0 Å². The largest absolute Gasteiger partial charge is 0.462 e. The summed E-state index contributed by atoms with van der Waals surface area (Å²) in [5.74, 6) is 0.914. The van der Waals surface area contributed by atoms with Crippen LogP contribution in [0.15, 0.2) is 0 Å². The predicted molar refractivity (Wildman–Crippen MR) is 312 cm³/mol. The van der Waals surface area contributed by atoms with Crippen molar-refractivity contribution >= 4 is 17.9 Å². The molecule has 0 amide bonds. The van der Waals surface area contributed by atoms with E-state index in [-0.39, 0.29) is 31.1 Å². The van der Waals surface area contributed by atoms with E-state index in [1.807, 2.05) is 0 Å². The van der Waals surface area contributed by atoms with Crippen molar-refractivity contribution in [3.63, 3.8) is 0 Å². The quantitative estimate of drug-likeness (QED) is 0.0343. The molecule has 0 saturated heterocycles. The standard InChI is InChI=1S/C66H128O6/c1-6-8-9-10-11-12-13-14-15-16-17-20-26-31-36-41-46-51-56-64(67)70-59-63(72-66(69)58-53-48-43-38-33-28-21-18-19-24-29-34-39-44-49-54-61(3)4)60-71-65(68)57-52-47-42-37-32-27-23-22-25-30-35-40-45-50-55-62(5)7-2/h61-63H,6-60H2,1-5H3/t62?,63-/m1/s1. The summed E-state index contributed by atoms with van der Waals surface area (Å²) in [4.78, 5) is 38.4. The van der Waals surface area contributed by atoms with Gasteiger partial charge in [0.05, 0.1) is 0 Å². The van der Waals surface area contributed by atoms with E-state index < -0.39 is 6.10 Å². The van der Waals surface area contributed by atoms with E-state index in [1.54, 1.807) is 0 Å². The average Bonchev–Trinajstić information content (AvgIpc) is 3.37. The Bertz CT molecular complexity index is 1110. The molecule has 0 radical (unpaired) electrons. The Kier molecular flexibility index (Phi) is 57.4. The molecule has 0 rings (SSSR count). The van der Waals surface area contributed by atoms with Crippen LogP contribution >= 0.6 is 0 Å². The molecule has 0 fully saturated rings. The lowest BCUT2D eigenvalue weighted by atomic mass is 9.99. The summed E-state index contributed by atoms with van der Waals surface area (Å²) in [5.41, 5.74) is 0. The van der Waals surface area contributed by atoms with Crippen LogP contribution < -0.4 is 0 Å². The summed E-state index contributed by atoms with van der Waals surface area (Å²) in [6.07, 6.45) is 65.3. The van der Waals surface area contributed by atoms with Crippen LogP contribution in [-0.4, -0.2) is 37.2 Å². The summed E-state index contributed by atoms with van der Waals surface area (Å²) in [6, 6.07) is 0. The average molecular weight is 1020 g/mol. The highest BCUT2D eigenvalue weighted by Gasteiger charge is 2.19. The molecule has 2 atom stereocenters. The second-order valence-corrected chi connectivity index (χ2v) is 23.5. The Morgan fingerprint density at radius 3 is 0.792 bits per heavy atom. The second-order valence-electron chi connectivity index (χ2n) is 23.5. The maximum absolute atomic E-state index is 12.9. The van der Waals surface area contributed by atoms with Crippen LogP contribution in [0.4, 0.5) is 0 Å². The molecule has 0 N–H and O–H groups in total. The molecule has 0 aliphatic heterocycles. The first-order valence-corrected chi connectivity index (χ1v) is 32.8. The van der Waals surface area contributed by atoms with Gasteiger partial charge in [-0.1, -0.05) is 336 Å². The van der Waals surface area contributed by atoms with Gasteiger partial charge in [0.2, 0.25) is 0 Å². The van der Waals surface area contributed by atoms with Gasteiger partial charge in [0, 0.05) is 19.3 Å². The van der Waals surface area contributed by atoms with E-state index in [9.17, 15) is 14.4 Å². The smallest absolute Gasteiger partial charge is 0.306 e. The lowest BCUT2D eigenvalue weighted by Gasteiger charge is -2.18. The Balaban J connectivity index is 4.29. The number of rotatable bonds is 60. The van der Waals surface area contributed by atoms with Gasteiger partial charge in [-0.05, 0) is 31.1 Å². The molecule has 6 nitrogen and oxygen atoms in total. The number of carbonyl (C=O) groups is 3. The molecule has 6 heteroatoms. The van der Waals surface area contributed by atoms with E-state index in [1.165, 1.54) is 263 Å². The van der Waals surface area contributed by atoms with Crippen LogP contribution in [0.5, 0.6) is 0 Å². The minimum atomic E-state index is -0.764. The van der Waals surface area contributed by atoms with Crippen molar-refractivity contribution in [3.05, 3.63) is 0 Å². The Morgan fingerprint density at radius 2 is 0.528 bits per heavy atom. The first-order chi connectivity index (χ1) is 35.3. The zero-order chi connectivity index (χ0) is 52.5. The molecule has 0 saturated carbocycles. The van der Waals surface area contributed by atoms with E-state index in [0.717, 1.165) is 69.6 Å². The predicted octanol–water partition coefficient (Wildman–Crippen LogP) is 22.0. The number of unbranched alkanes of at least 4 members (excludes halogenated alkanes) is 44. The number of carbonyl (C=O) groups excluding carboxylic acids is 3. The van der Waals surface area contributed by atoms with Crippen molar-refractivity contribution in [2.24, 2.45) is 11.8 Å². The van der Waals surface area contributed by atoms with Gasteiger partial charge >= 0.3 is 17.9 Å². The number of esters is 3. The third-order valence-electron chi connectivity index (χ3n) is 15.6. The lowest BCUT2D eigenvalue weighted by Crippen LogP contribution is -2.30. The topological polar surface area (TPSA) is 78.9 Å². The van der Waals surface area contributed by atoms with Crippen molar-refractivity contribution in [3.8, 4) is 0 Å². The molecular weight excluding hydrogens is 889 g/mol. The van der Waals surface area contributed by atoms with Gasteiger partial charge in [0.15, 0.2) is 6.10 Å². The minimum Gasteiger partial charge on any atom is -0.462 e. The Labute approximate surface area is 450 Å². The van der Waals surface area contributed by atoms with Gasteiger partial charge in [0.1, 0.15) is 13.2 Å². The Hall–Kier alpha value is -1.59. The minimum absolute atomic E-state index is 0.0616. The number of hydrogen-bond donors (Lipinski definition) is 0. The molecule has 428 valence electrons. The van der Waals surface area contributed by atoms with Crippen molar-refractivity contribution in [1.29, 1.82) is 0 Å². The van der Waals surface area contributed by atoms with Gasteiger partial charge < -0.3 is 14.2 Å². The van der Waals surface area contributed by atoms with E-state index in [2.05, 4.69) is 34.6 Å². The molecule has 0 aliphatic rings. The first-order valence-electron chi connectivity index (χ1n) is 32.8. The van der Waals surface area contributed by atoms with Crippen molar-refractivity contribution in [2.75, 3.05) is 13.2 Å². The summed E-state index contributed by atoms with van der Waals surface area (Å²) in [7, 11) is 0. The molecule has 72 heavy (non-hydrogen) atoms. The number of ether oxygens (including phenoxy) is 3. The maximum atomic E-state index is 12.9. The van der Waals surface area contributed by atoms with Crippen LogP contribution in [0.3, 0.4) is 0 Å². The van der Waals surface area contributed by atoms with Gasteiger partial charge in [-0.15, -0.1) is 0 Å². The molecule has 0 aromatic heterocycles. The van der Waals surface area contributed by atoms with Crippen LogP contribution in [0.1, 0.15) is 375 Å². The maximum Gasteiger partial charge on any atom is 0.306 e. The van der Waals surface area contributed by atoms with Crippen LogP contribution in [-0.2, 0) is 28.6 Å². The highest BCUT2D eigenvalue weighted by Crippen LogP contribution is 2.19. The Morgan fingerprint density at radius 1 is 0.292 bits per heavy atom. The molecular formula is C66H128O6. The molecule has 0 spiro atoms. The third-order valence-corrected chi connectivity index (χ3v) is 15.6.